The summed E-state index contributed by atoms with van der Waals surface area (Å²) in [5.41, 5.74) is 4.52. The van der Waals surface area contributed by atoms with Gasteiger partial charge in [0.2, 0.25) is 10.0 Å². The summed E-state index contributed by atoms with van der Waals surface area (Å²) >= 11 is 0. The maximum Gasteiger partial charge on any atom is 0.266 e. The third-order valence-electron chi connectivity index (χ3n) is 6.31. The fraction of sp³-hybridized carbons (Fsp3) is 0.259. The molecule has 0 aliphatic carbocycles. The van der Waals surface area contributed by atoms with E-state index in [1.54, 1.807) is 48.7 Å². The van der Waals surface area contributed by atoms with Crippen LogP contribution in [0.15, 0.2) is 70.4 Å². The van der Waals surface area contributed by atoms with Crippen molar-refractivity contribution in [3.8, 4) is 5.69 Å². The second kappa shape index (κ2) is 8.81. The topological polar surface area (TPSA) is 72.3 Å². The zero-order valence-electron chi connectivity index (χ0n) is 20.3. The molecule has 0 radical (unpaired) electrons. The Hall–Kier alpha value is -3.29. The second-order valence-corrected chi connectivity index (χ2v) is 10.8. The van der Waals surface area contributed by atoms with Gasteiger partial charge >= 0.3 is 0 Å². The number of aryl methyl sites for hydroxylation is 4. The number of hydrogen-bond donors (Lipinski definition) is 0. The molecule has 6 nitrogen and oxygen atoms in total. The van der Waals surface area contributed by atoms with Crippen LogP contribution in [0.25, 0.3) is 16.6 Å². The molecule has 3 aromatic carbocycles. The van der Waals surface area contributed by atoms with Crippen LogP contribution in [0.4, 0.5) is 0 Å². The van der Waals surface area contributed by atoms with Gasteiger partial charge in [0.05, 0.1) is 27.5 Å². The maximum atomic E-state index is 13.7. The Labute approximate surface area is 200 Å². The fourth-order valence-electron chi connectivity index (χ4n) is 4.23. The number of fused-ring (bicyclic) bond motifs is 1. The predicted molar refractivity (Wildman–Crippen MR) is 136 cm³/mol. The Balaban J connectivity index is 1.96. The molecule has 0 spiro atoms. The molecule has 4 rings (SSSR count). The summed E-state index contributed by atoms with van der Waals surface area (Å²) in [6, 6.07) is 17.6. The van der Waals surface area contributed by atoms with Crippen LogP contribution in [0.1, 0.15) is 41.0 Å². The van der Waals surface area contributed by atoms with Crippen molar-refractivity contribution in [1.29, 1.82) is 0 Å². The number of benzene rings is 3. The Kier molecular flexibility index (Phi) is 6.18. The van der Waals surface area contributed by atoms with Crippen molar-refractivity contribution >= 4 is 20.9 Å². The van der Waals surface area contributed by atoms with Crippen molar-refractivity contribution in [2.75, 3.05) is 7.05 Å². The summed E-state index contributed by atoms with van der Waals surface area (Å²) in [6.45, 7) is 9.34. The number of para-hydroxylation sites is 1. The molecule has 0 N–H and O–H groups in total. The van der Waals surface area contributed by atoms with Gasteiger partial charge in [-0.25, -0.2) is 13.4 Å². The Bertz CT molecular complexity index is 1570. The van der Waals surface area contributed by atoms with Crippen LogP contribution < -0.4 is 5.56 Å². The third-order valence-corrected chi connectivity index (χ3v) is 8.38. The molecule has 34 heavy (non-hydrogen) atoms. The number of hydrogen-bond acceptors (Lipinski definition) is 4. The lowest BCUT2D eigenvalue weighted by Crippen LogP contribution is -2.35. The third kappa shape index (κ3) is 4.06. The fourth-order valence-corrected chi connectivity index (χ4v) is 5.86. The number of nitrogens with zero attached hydrogens (tertiary/aromatic N) is 3. The lowest BCUT2D eigenvalue weighted by Gasteiger charge is -2.27. The highest BCUT2D eigenvalue weighted by molar-refractivity contribution is 7.89. The minimum absolute atomic E-state index is 0.225. The molecule has 1 atom stereocenters. The summed E-state index contributed by atoms with van der Waals surface area (Å²) in [5.74, 6) is 0.368. The van der Waals surface area contributed by atoms with Gasteiger partial charge in [0.1, 0.15) is 5.82 Å². The maximum absolute atomic E-state index is 13.7. The molecule has 176 valence electrons. The van der Waals surface area contributed by atoms with Gasteiger partial charge in [0.25, 0.3) is 5.56 Å². The predicted octanol–water partition coefficient (Wildman–Crippen LogP) is 5.00. The summed E-state index contributed by atoms with van der Waals surface area (Å²) in [4.78, 5) is 18.7. The normalized spacial score (nSPS) is 12.9. The molecule has 0 saturated carbocycles. The van der Waals surface area contributed by atoms with Crippen LogP contribution >= 0.6 is 0 Å². The van der Waals surface area contributed by atoms with Gasteiger partial charge < -0.3 is 0 Å². The van der Waals surface area contributed by atoms with Crippen molar-refractivity contribution in [2.24, 2.45) is 0 Å². The van der Waals surface area contributed by atoms with Crippen molar-refractivity contribution in [1.82, 2.24) is 13.9 Å². The summed E-state index contributed by atoms with van der Waals surface area (Å²) in [7, 11) is -2.31. The highest BCUT2D eigenvalue weighted by atomic mass is 32.2. The zero-order chi connectivity index (χ0) is 24.8. The molecule has 1 heterocycles. The van der Waals surface area contributed by atoms with Gasteiger partial charge in [-0.05, 0) is 75.6 Å². The monoisotopic (exact) mass is 475 g/mol. The molecule has 0 saturated heterocycles. The molecule has 1 unspecified atom stereocenters. The van der Waals surface area contributed by atoms with Crippen molar-refractivity contribution in [3.05, 3.63) is 99.1 Å². The van der Waals surface area contributed by atoms with E-state index in [1.165, 1.54) is 11.4 Å². The summed E-state index contributed by atoms with van der Waals surface area (Å²) < 4.78 is 30.1. The molecule has 1 aromatic heterocycles. The van der Waals surface area contributed by atoms with E-state index in [9.17, 15) is 13.2 Å². The Morgan fingerprint density at radius 1 is 0.882 bits per heavy atom. The van der Waals surface area contributed by atoms with Crippen LogP contribution in [0.3, 0.4) is 0 Å². The van der Waals surface area contributed by atoms with E-state index in [1.807, 2.05) is 51.1 Å². The van der Waals surface area contributed by atoms with Crippen LogP contribution in [-0.2, 0) is 10.0 Å². The van der Waals surface area contributed by atoms with Crippen LogP contribution in [0.2, 0.25) is 0 Å². The molecule has 0 aliphatic rings. The molecular weight excluding hydrogens is 446 g/mol. The molecule has 7 heteroatoms. The van der Waals surface area contributed by atoms with E-state index in [2.05, 4.69) is 0 Å². The van der Waals surface area contributed by atoms with Gasteiger partial charge in [-0.3, -0.25) is 9.36 Å². The van der Waals surface area contributed by atoms with Gasteiger partial charge in [-0.2, -0.15) is 4.31 Å². The lowest BCUT2D eigenvalue weighted by molar-refractivity contribution is 0.378. The first-order valence-corrected chi connectivity index (χ1v) is 12.6. The van der Waals surface area contributed by atoms with Crippen molar-refractivity contribution in [2.45, 2.75) is 45.6 Å². The van der Waals surface area contributed by atoms with Crippen LogP contribution in [-0.4, -0.2) is 29.3 Å². The average Bonchev–Trinajstić information content (AvgIpc) is 2.80. The highest BCUT2D eigenvalue weighted by Gasteiger charge is 2.31. The van der Waals surface area contributed by atoms with E-state index < -0.39 is 16.1 Å². The first-order valence-electron chi connectivity index (χ1n) is 11.2. The largest absolute Gasteiger partial charge is 0.268 e. The quantitative estimate of drug-likeness (QED) is 0.407. The van der Waals surface area contributed by atoms with Crippen molar-refractivity contribution < 1.29 is 8.42 Å². The molecule has 4 aromatic rings. The number of sulfonamides is 1. The van der Waals surface area contributed by atoms with E-state index in [-0.39, 0.29) is 10.5 Å². The number of aromatic nitrogens is 2. The Morgan fingerprint density at radius 3 is 2.24 bits per heavy atom. The molecule has 0 aliphatic heterocycles. The van der Waals surface area contributed by atoms with E-state index in [4.69, 9.17) is 4.98 Å². The van der Waals surface area contributed by atoms with Gasteiger partial charge in [-0.1, -0.05) is 42.0 Å². The molecule has 0 bridgehead atoms. The average molecular weight is 476 g/mol. The van der Waals surface area contributed by atoms with Crippen LogP contribution in [0.5, 0.6) is 0 Å². The SMILES string of the molecule is Cc1ccc(-n2c(C(C)N(C)S(=O)(=O)c3cc(C)ccc3C)nc3ccccc3c2=O)c(C)c1. The van der Waals surface area contributed by atoms with Crippen LogP contribution in [0, 0.1) is 27.7 Å². The van der Waals surface area contributed by atoms with E-state index in [0.717, 1.165) is 16.7 Å². The van der Waals surface area contributed by atoms with Crippen molar-refractivity contribution in [3.63, 3.8) is 0 Å². The molecule has 0 amide bonds. The second-order valence-electron chi connectivity index (χ2n) is 8.88. The lowest BCUT2D eigenvalue weighted by atomic mass is 10.1. The minimum atomic E-state index is -3.84. The van der Waals surface area contributed by atoms with Gasteiger partial charge in [0, 0.05) is 7.05 Å². The van der Waals surface area contributed by atoms with E-state index >= 15 is 0 Å². The van der Waals surface area contributed by atoms with E-state index in [0.29, 0.717) is 28.0 Å². The zero-order valence-corrected chi connectivity index (χ0v) is 21.1. The standard InChI is InChI=1S/C27H29N3O3S/c1-17-12-14-24(20(4)15-17)30-26(28-23-10-8-7-9-22(23)27(30)31)21(5)29(6)34(32,33)25-16-18(2)11-13-19(25)3/h7-16,21H,1-6H3. The highest BCUT2D eigenvalue weighted by Crippen LogP contribution is 2.29. The minimum Gasteiger partial charge on any atom is -0.268 e. The first-order chi connectivity index (χ1) is 16.0. The summed E-state index contributed by atoms with van der Waals surface area (Å²) in [5, 5.41) is 0.485. The first kappa shape index (κ1) is 23.9. The Morgan fingerprint density at radius 2 is 1.53 bits per heavy atom. The van der Waals surface area contributed by atoms with Gasteiger partial charge in [-0.15, -0.1) is 0 Å². The smallest absolute Gasteiger partial charge is 0.266 e. The number of rotatable bonds is 5. The van der Waals surface area contributed by atoms with Gasteiger partial charge in [0.15, 0.2) is 0 Å². The summed E-state index contributed by atoms with van der Waals surface area (Å²) in [6.07, 6.45) is 0. The molecule has 0 fully saturated rings. The molecular formula is C27H29N3O3S.